The number of halogens is 1. The smallest absolute Gasteiger partial charge is 0.300 e. The SMILES string of the molecule is CCOc1ccc(C2/C(=C(/O)c3cccc(Cl)c3)C(=O)C(=O)N2c2ccccc2C)cc1. The Morgan fingerprint density at radius 1 is 1.03 bits per heavy atom. The van der Waals surface area contributed by atoms with Crippen LogP contribution >= 0.6 is 11.6 Å². The molecule has 1 amide bonds. The summed E-state index contributed by atoms with van der Waals surface area (Å²) in [6, 6.07) is 20.3. The monoisotopic (exact) mass is 447 g/mol. The summed E-state index contributed by atoms with van der Waals surface area (Å²) in [7, 11) is 0. The number of nitrogens with zero attached hydrogens (tertiary/aromatic N) is 1. The first-order valence-corrected chi connectivity index (χ1v) is 10.7. The molecule has 0 aliphatic carbocycles. The van der Waals surface area contributed by atoms with E-state index < -0.39 is 17.7 Å². The zero-order chi connectivity index (χ0) is 22.8. The Morgan fingerprint density at radius 3 is 2.41 bits per heavy atom. The van der Waals surface area contributed by atoms with Gasteiger partial charge in [0.2, 0.25) is 0 Å². The molecule has 1 aliphatic heterocycles. The molecule has 6 heteroatoms. The molecule has 0 radical (unpaired) electrons. The molecule has 5 nitrogen and oxygen atoms in total. The summed E-state index contributed by atoms with van der Waals surface area (Å²) < 4.78 is 5.53. The molecule has 1 N–H and O–H groups in total. The third-order valence-electron chi connectivity index (χ3n) is 5.42. The Kier molecular flexibility index (Phi) is 6.01. The highest BCUT2D eigenvalue weighted by Gasteiger charge is 2.47. The lowest BCUT2D eigenvalue weighted by atomic mass is 9.95. The first-order valence-electron chi connectivity index (χ1n) is 10.3. The summed E-state index contributed by atoms with van der Waals surface area (Å²) in [5, 5.41) is 11.6. The summed E-state index contributed by atoms with van der Waals surface area (Å²) in [5.74, 6) is -1.02. The zero-order valence-electron chi connectivity index (χ0n) is 17.7. The van der Waals surface area contributed by atoms with Crippen molar-refractivity contribution in [3.8, 4) is 5.75 Å². The highest BCUT2D eigenvalue weighted by Crippen LogP contribution is 2.43. The standard InChI is InChI=1S/C26H22ClNO4/c1-3-32-20-13-11-17(12-14-20)23-22(24(29)18-8-6-9-19(27)15-18)25(30)26(31)28(23)21-10-5-4-7-16(21)2/h4-15,23,29H,3H2,1-2H3/b24-22-. The fourth-order valence-electron chi connectivity index (χ4n) is 3.93. The number of aliphatic hydroxyl groups is 1. The van der Waals surface area contributed by atoms with Gasteiger partial charge in [0.25, 0.3) is 11.7 Å². The molecule has 0 spiro atoms. The fraction of sp³-hybridized carbons (Fsp3) is 0.154. The molecule has 3 aromatic carbocycles. The van der Waals surface area contributed by atoms with Crippen LogP contribution in [-0.4, -0.2) is 23.4 Å². The average Bonchev–Trinajstić information content (AvgIpc) is 3.05. The molecule has 1 fully saturated rings. The third-order valence-corrected chi connectivity index (χ3v) is 5.66. The van der Waals surface area contributed by atoms with Gasteiger partial charge in [-0.3, -0.25) is 14.5 Å². The molecule has 1 saturated heterocycles. The number of carbonyl (C=O) groups excluding carboxylic acids is 2. The predicted molar refractivity (Wildman–Crippen MR) is 125 cm³/mol. The molecule has 162 valence electrons. The van der Waals surface area contributed by atoms with Crippen molar-refractivity contribution in [2.75, 3.05) is 11.5 Å². The highest BCUT2D eigenvalue weighted by molar-refractivity contribution is 6.51. The number of carbonyl (C=O) groups is 2. The van der Waals surface area contributed by atoms with Crippen molar-refractivity contribution in [2.24, 2.45) is 0 Å². The molecule has 3 aromatic rings. The van der Waals surface area contributed by atoms with Crippen LogP contribution in [0.5, 0.6) is 5.75 Å². The van der Waals surface area contributed by atoms with Gasteiger partial charge in [0.15, 0.2) is 0 Å². The largest absolute Gasteiger partial charge is 0.507 e. The molecular weight excluding hydrogens is 426 g/mol. The van der Waals surface area contributed by atoms with E-state index in [4.69, 9.17) is 16.3 Å². The van der Waals surface area contributed by atoms with E-state index in [1.807, 2.05) is 32.0 Å². The molecule has 0 saturated carbocycles. The molecule has 1 aliphatic rings. The summed E-state index contributed by atoms with van der Waals surface area (Å²) in [6.45, 7) is 4.29. The Hall–Kier alpha value is -3.57. The van der Waals surface area contributed by atoms with Crippen LogP contribution in [0.3, 0.4) is 0 Å². The van der Waals surface area contributed by atoms with Crippen LogP contribution in [-0.2, 0) is 9.59 Å². The lowest BCUT2D eigenvalue weighted by molar-refractivity contribution is -0.132. The number of ketones is 1. The van der Waals surface area contributed by atoms with Crippen molar-refractivity contribution >= 4 is 34.7 Å². The number of aryl methyl sites for hydroxylation is 1. The van der Waals surface area contributed by atoms with Gasteiger partial charge in [-0.25, -0.2) is 0 Å². The fourth-order valence-corrected chi connectivity index (χ4v) is 4.12. The van der Waals surface area contributed by atoms with Gasteiger partial charge in [-0.15, -0.1) is 0 Å². The lowest BCUT2D eigenvalue weighted by Crippen LogP contribution is -2.30. The van der Waals surface area contributed by atoms with Crippen molar-refractivity contribution in [2.45, 2.75) is 19.9 Å². The number of para-hydroxylation sites is 1. The minimum atomic E-state index is -0.800. The van der Waals surface area contributed by atoms with Gasteiger partial charge < -0.3 is 9.84 Å². The maximum absolute atomic E-state index is 13.2. The van der Waals surface area contributed by atoms with E-state index in [2.05, 4.69) is 0 Å². The number of hydrogen-bond donors (Lipinski definition) is 1. The summed E-state index contributed by atoms with van der Waals surface area (Å²) in [5.41, 5.74) is 2.52. The molecule has 0 aromatic heterocycles. The highest BCUT2D eigenvalue weighted by atomic mass is 35.5. The number of rotatable bonds is 5. The van der Waals surface area contributed by atoms with Crippen LogP contribution in [0.15, 0.2) is 78.4 Å². The van der Waals surface area contributed by atoms with E-state index in [0.29, 0.717) is 34.2 Å². The number of hydrogen-bond acceptors (Lipinski definition) is 4. The number of Topliss-reactive ketones (excluding diaryl/α,β-unsaturated/α-hetero) is 1. The van der Waals surface area contributed by atoms with Gasteiger partial charge in [0, 0.05) is 16.3 Å². The minimum Gasteiger partial charge on any atom is -0.507 e. The van der Waals surface area contributed by atoms with Crippen LogP contribution in [0.25, 0.3) is 5.76 Å². The van der Waals surface area contributed by atoms with E-state index in [0.717, 1.165) is 5.56 Å². The van der Waals surface area contributed by atoms with Crippen molar-refractivity contribution in [3.05, 3.63) is 100 Å². The first kappa shape index (κ1) is 21.7. The second-order valence-corrected chi connectivity index (χ2v) is 7.90. The van der Waals surface area contributed by atoms with Crippen molar-refractivity contribution in [3.63, 3.8) is 0 Å². The molecule has 1 atom stereocenters. The normalized spacial score (nSPS) is 17.6. The van der Waals surface area contributed by atoms with Crippen molar-refractivity contribution < 1.29 is 19.4 Å². The van der Waals surface area contributed by atoms with E-state index in [9.17, 15) is 14.7 Å². The molecule has 1 unspecified atom stereocenters. The van der Waals surface area contributed by atoms with Crippen LogP contribution in [0.4, 0.5) is 5.69 Å². The Balaban J connectivity index is 1.93. The van der Waals surface area contributed by atoms with Crippen LogP contribution in [0.1, 0.15) is 29.7 Å². The Bertz CT molecular complexity index is 1220. The molecule has 1 heterocycles. The summed E-state index contributed by atoms with van der Waals surface area (Å²) >= 11 is 6.10. The maximum Gasteiger partial charge on any atom is 0.300 e. The minimum absolute atomic E-state index is 0.0182. The van der Waals surface area contributed by atoms with Crippen LogP contribution in [0.2, 0.25) is 5.02 Å². The van der Waals surface area contributed by atoms with Gasteiger partial charge in [-0.2, -0.15) is 0 Å². The Labute approximate surface area is 191 Å². The zero-order valence-corrected chi connectivity index (χ0v) is 18.5. The Morgan fingerprint density at radius 2 is 1.75 bits per heavy atom. The van der Waals surface area contributed by atoms with Crippen LogP contribution in [0, 0.1) is 6.92 Å². The predicted octanol–water partition coefficient (Wildman–Crippen LogP) is 5.67. The summed E-state index contributed by atoms with van der Waals surface area (Å²) in [4.78, 5) is 27.8. The van der Waals surface area contributed by atoms with Gasteiger partial charge in [-0.1, -0.05) is 54.1 Å². The van der Waals surface area contributed by atoms with E-state index >= 15 is 0 Å². The molecule has 4 rings (SSSR count). The second-order valence-electron chi connectivity index (χ2n) is 7.47. The number of amides is 1. The topological polar surface area (TPSA) is 66.8 Å². The number of benzene rings is 3. The maximum atomic E-state index is 13.2. The second kappa shape index (κ2) is 8.89. The molecule has 0 bridgehead atoms. The molecular formula is C26H22ClNO4. The van der Waals surface area contributed by atoms with Crippen LogP contribution < -0.4 is 9.64 Å². The van der Waals surface area contributed by atoms with Crippen molar-refractivity contribution in [1.29, 1.82) is 0 Å². The third kappa shape index (κ3) is 3.87. The van der Waals surface area contributed by atoms with E-state index in [-0.39, 0.29) is 11.3 Å². The summed E-state index contributed by atoms with van der Waals surface area (Å²) in [6.07, 6.45) is 0. The van der Waals surface area contributed by atoms with Gasteiger partial charge in [-0.05, 0) is 55.3 Å². The van der Waals surface area contributed by atoms with E-state index in [1.165, 1.54) is 4.90 Å². The lowest BCUT2D eigenvalue weighted by Gasteiger charge is -2.27. The van der Waals surface area contributed by atoms with Gasteiger partial charge in [0.1, 0.15) is 11.5 Å². The average molecular weight is 448 g/mol. The van der Waals surface area contributed by atoms with Crippen molar-refractivity contribution in [1.82, 2.24) is 0 Å². The quantitative estimate of drug-likeness (QED) is 0.310. The number of ether oxygens (including phenoxy) is 1. The number of aliphatic hydroxyl groups excluding tert-OH is 1. The van der Waals surface area contributed by atoms with Gasteiger partial charge in [0.05, 0.1) is 18.2 Å². The first-order chi connectivity index (χ1) is 15.4. The van der Waals surface area contributed by atoms with Gasteiger partial charge >= 0.3 is 0 Å². The molecule has 32 heavy (non-hydrogen) atoms. The number of anilines is 1. The van der Waals surface area contributed by atoms with E-state index in [1.54, 1.807) is 54.6 Å².